The average molecular weight is 310 g/mol. The molecule has 114 valence electrons. The van der Waals surface area contributed by atoms with Gasteiger partial charge in [0.2, 0.25) is 0 Å². The summed E-state index contributed by atoms with van der Waals surface area (Å²) in [5, 5.41) is 0.269. The van der Waals surface area contributed by atoms with Crippen LogP contribution in [0.1, 0.15) is 48.9 Å². The zero-order chi connectivity index (χ0) is 14.9. The number of halogens is 1. The summed E-state index contributed by atoms with van der Waals surface area (Å²) in [7, 11) is 0. The van der Waals surface area contributed by atoms with Crippen LogP contribution < -0.4 is 5.73 Å². The van der Waals surface area contributed by atoms with Crippen LogP contribution in [0, 0.1) is 0 Å². The normalized spacial score (nSPS) is 24.1. The molecule has 1 saturated carbocycles. The molecule has 0 aromatic heterocycles. The molecule has 1 unspecified atom stereocenters. The van der Waals surface area contributed by atoms with Gasteiger partial charge >= 0.3 is 5.97 Å². The molecule has 1 spiro atoms. The number of carbonyl (C=O) groups excluding carboxylic acids is 1. The molecule has 1 saturated heterocycles. The molecular formula is C16H20ClNO3. The highest BCUT2D eigenvalue weighted by molar-refractivity contribution is 6.36. The topological polar surface area (TPSA) is 61.6 Å². The van der Waals surface area contributed by atoms with Crippen molar-refractivity contribution >= 4 is 23.3 Å². The zero-order valence-corrected chi connectivity index (χ0v) is 12.7. The third kappa shape index (κ3) is 3.01. The lowest BCUT2D eigenvalue weighted by Gasteiger charge is -2.37. The van der Waals surface area contributed by atoms with Crippen molar-refractivity contribution in [1.29, 1.82) is 0 Å². The van der Waals surface area contributed by atoms with Crippen molar-refractivity contribution in [2.24, 2.45) is 0 Å². The number of benzene rings is 1. The molecular weight excluding hydrogens is 290 g/mol. The van der Waals surface area contributed by atoms with Crippen molar-refractivity contribution < 1.29 is 14.3 Å². The maximum Gasteiger partial charge on any atom is 0.340 e. The van der Waals surface area contributed by atoms with E-state index < -0.39 is 5.97 Å². The van der Waals surface area contributed by atoms with E-state index in [1.54, 1.807) is 18.2 Å². The van der Waals surface area contributed by atoms with Crippen LogP contribution >= 0.6 is 11.6 Å². The Kier molecular flexibility index (Phi) is 4.09. The Bertz CT molecular complexity index is 540. The van der Waals surface area contributed by atoms with E-state index in [1.165, 1.54) is 12.8 Å². The van der Waals surface area contributed by atoms with Gasteiger partial charge in [0, 0.05) is 12.8 Å². The first-order valence-electron chi connectivity index (χ1n) is 7.49. The molecule has 1 heterocycles. The molecule has 1 aliphatic carbocycles. The van der Waals surface area contributed by atoms with Crippen LogP contribution in [0.2, 0.25) is 5.02 Å². The summed E-state index contributed by atoms with van der Waals surface area (Å²) < 4.78 is 11.6. The van der Waals surface area contributed by atoms with E-state index in [-0.39, 0.29) is 16.7 Å². The summed E-state index contributed by atoms with van der Waals surface area (Å²) in [4.78, 5) is 12.3. The number of nitrogen functional groups attached to an aromatic ring is 1. The number of ether oxygens (including phenoxy) is 2. The fraction of sp³-hybridized carbons (Fsp3) is 0.562. The SMILES string of the molecule is Nc1cccc(C(=O)OC2CCOC3(CCCC3)C2)c1Cl. The van der Waals surface area contributed by atoms with Crippen LogP contribution in [-0.2, 0) is 9.47 Å². The van der Waals surface area contributed by atoms with Crippen molar-refractivity contribution in [1.82, 2.24) is 0 Å². The van der Waals surface area contributed by atoms with Crippen molar-refractivity contribution in [2.75, 3.05) is 12.3 Å². The lowest BCUT2D eigenvalue weighted by molar-refractivity contribution is -0.117. The third-order valence-electron chi connectivity index (χ3n) is 4.48. The largest absolute Gasteiger partial charge is 0.459 e. The summed E-state index contributed by atoms with van der Waals surface area (Å²) in [5.41, 5.74) is 6.39. The second kappa shape index (κ2) is 5.85. The van der Waals surface area contributed by atoms with E-state index in [9.17, 15) is 4.79 Å². The van der Waals surface area contributed by atoms with Crippen LogP contribution in [0.25, 0.3) is 0 Å². The van der Waals surface area contributed by atoms with Crippen molar-refractivity contribution in [3.05, 3.63) is 28.8 Å². The Morgan fingerprint density at radius 1 is 1.38 bits per heavy atom. The van der Waals surface area contributed by atoms with Gasteiger partial charge in [-0.1, -0.05) is 30.5 Å². The highest BCUT2D eigenvalue weighted by Gasteiger charge is 2.41. The number of nitrogens with two attached hydrogens (primary N) is 1. The maximum atomic E-state index is 12.3. The lowest BCUT2D eigenvalue weighted by atomic mass is 9.90. The first kappa shape index (κ1) is 14.7. The summed E-state index contributed by atoms with van der Waals surface area (Å²) in [6.45, 7) is 0.655. The molecule has 1 aliphatic heterocycles. The summed E-state index contributed by atoms with van der Waals surface area (Å²) >= 11 is 6.08. The van der Waals surface area contributed by atoms with Crippen molar-refractivity contribution in [3.63, 3.8) is 0 Å². The first-order valence-corrected chi connectivity index (χ1v) is 7.86. The van der Waals surface area contributed by atoms with Gasteiger partial charge in [0.25, 0.3) is 0 Å². The molecule has 0 radical (unpaired) electrons. The molecule has 1 aromatic rings. The molecule has 5 heteroatoms. The summed E-state index contributed by atoms with van der Waals surface area (Å²) in [6, 6.07) is 5.02. The van der Waals surface area contributed by atoms with Gasteiger partial charge in [-0.25, -0.2) is 4.79 Å². The second-order valence-electron chi connectivity index (χ2n) is 5.97. The van der Waals surface area contributed by atoms with E-state index >= 15 is 0 Å². The fourth-order valence-electron chi connectivity index (χ4n) is 3.37. The molecule has 1 atom stereocenters. The average Bonchev–Trinajstić information content (AvgIpc) is 2.89. The fourth-order valence-corrected chi connectivity index (χ4v) is 3.58. The number of hydrogen-bond donors (Lipinski definition) is 1. The van der Waals surface area contributed by atoms with Gasteiger partial charge in [-0.3, -0.25) is 0 Å². The molecule has 0 bridgehead atoms. The van der Waals surface area contributed by atoms with Gasteiger partial charge in [-0.2, -0.15) is 0 Å². The summed E-state index contributed by atoms with van der Waals surface area (Å²) in [5.74, 6) is -0.396. The monoisotopic (exact) mass is 309 g/mol. The first-order chi connectivity index (χ1) is 10.1. The minimum absolute atomic E-state index is 0.0668. The smallest absolute Gasteiger partial charge is 0.340 e. The quantitative estimate of drug-likeness (QED) is 0.670. The highest BCUT2D eigenvalue weighted by atomic mass is 35.5. The number of rotatable bonds is 2. The van der Waals surface area contributed by atoms with Crippen molar-refractivity contribution in [2.45, 2.75) is 50.2 Å². The molecule has 2 aliphatic rings. The number of hydrogen-bond acceptors (Lipinski definition) is 4. The van der Waals surface area contributed by atoms with Gasteiger partial charge < -0.3 is 15.2 Å². The maximum absolute atomic E-state index is 12.3. The Labute approximate surface area is 129 Å². The minimum atomic E-state index is -0.396. The van der Waals surface area contributed by atoms with E-state index in [2.05, 4.69) is 0 Å². The summed E-state index contributed by atoms with van der Waals surface area (Å²) in [6.07, 6.45) is 5.97. The number of carbonyl (C=O) groups is 1. The second-order valence-corrected chi connectivity index (χ2v) is 6.35. The third-order valence-corrected chi connectivity index (χ3v) is 4.91. The molecule has 4 nitrogen and oxygen atoms in total. The number of anilines is 1. The van der Waals surface area contributed by atoms with Crippen LogP contribution in [0.4, 0.5) is 5.69 Å². The number of esters is 1. The highest BCUT2D eigenvalue weighted by Crippen LogP contribution is 2.41. The van der Waals surface area contributed by atoms with Crippen molar-refractivity contribution in [3.8, 4) is 0 Å². The predicted molar refractivity (Wildman–Crippen MR) is 81.5 cm³/mol. The molecule has 0 amide bonds. The van der Waals surface area contributed by atoms with Gasteiger partial charge in [0.05, 0.1) is 28.5 Å². The molecule has 1 aromatic carbocycles. The lowest BCUT2D eigenvalue weighted by Crippen LogP contribution is -2.41. The van der Waals surface area contributed by atoms with Crippen LogP contribution in [0.3, 0.4) is 0 Å². The standard InChI is InChI=1S/C16H20ClNO3/c17-14-12(4-3-5-13(14)18)15(19)21-11-6-9-20-16(10-11)7-1-2-8-16/h3-5,11H,1-2,6-10,18H2. The Morgan fingerprint density at radius 3 is 2.90 bits per heavy atom. The molecule has 3 rings (SSSR count). The van der Waals surface area contributed by atoms with Gasteiger partial charge in [-0.15, -0.1) is 0 Å². The predicted octanol–water partition coefficient (Wildman–Crippen LogP) is 3.57. The van der Waals surface area contributed by atoms with Gasteiger partial charge in [0.1, 0.15) is 6.10 Å². The minimum Gasteiger partial charge on any atom is -0.459 e. The van der Waals surface area contributed by atoms with Crippen LogP contribution in [0.15, 0.2) is 18.2 Å². The molecule has 2 fully saturated rings. The Balaban J connectivity index is 1.68. The van der Waals surface area contributed by atoms with E-state index in [0.717, 1.165) is 25.7 Å². The molecule has 2 N–H and O–H groups in total. The van der Waals surface area contributed by atoms with Crippen LogP contribution in [0.5, 0.6) is 0 Å². The van der Waals surface area contributed by atoms with Gasteiger partial charge in [0.15, 0.2) is 0 Å². The van der Waals surface area contributed by atoms with E-state index in [4.69, 9.17) is 26.8 Å². The zero-order valence-electron chi connectivity index (χ0n) is 11.9. The van der Waals surface area contributed by atoms with Crippen LogP contribution in [-0.4, -0.2) is 24.3 Å². The molecule has 21 heavy (non-hydrogen) atoms. The Hall–Kier alpha value is -1.26. The van der Waals surface area contributed by atoms with Gasteiger partial charge in [-0.05, 0) is 25.0 Å². The van der Waals surface area contributed by atoms with E-state index in [0.29, 0.717) is 17.9 Å². The van der Waals surface area contributed by atoms with E-state index in [1.807, 2.05) is 0 Å². The Morgan fingerprint density at radius 2 is 2.14 bits per heavy atom.